The number of rotatable bonds is 3. The normalized spacial score (nSPS) is 25.4. The second kappa shape index (κ2) is 6.11. The highest BCUT2D eigenvalue weighted by Gasteiger charge is 2.30. The molecule has 0 spiro atoms. The molecule has 1 saturated heterocycles. The molecule has 2 rings (SSSR count). The van der Waals surface area contributed by atoms with E-state index in [4.69, 9.17) is 22.7 Å². The summed E-state index contributed by atoms with van der Waals surface area (Å²) >= 11 is 5.11. The maximum Gasteiger partial charge on any atom is 0.159 e. The minimum absolute atomic E-state index is 0.0425. The summed E-state index contributed by atoms with van der Waals surface area (Å²) in [6.07, 6.45) is 0.0850. The van der Waals surface area contributed by atoms with E-state index in [-0.39, 0.29) is 17.2 Å². The molecule has 1 heterocycles. The molecule has 6 heteroatoms. The van der Waals surface area contributed by atoms with Crippen LogP contribution in [-0.2, 0) is 4.74 Å². The van der Waals surface area contributed by atoms with Crippen LogP contribution in [0, 0.1) is 11.6 Å². The minimum atomic E-state index is -0.891. The summed E-state index contributed by atoms with van der Waals surface area (Å²) < 4.78 is 32.1. The first-order valence-electron chi connectivity index (χ1n) is 6.52. The summed E-state index contributed by atoms with van der Waals surface area (Å²) in [5, 5.41) is 0. The summed E-state index contributed by atoms with van der Waals surface area (Å²) in [6, 6.07) is 3.37. The first-order valence-corrected chi connectivity index (χ1v) is 6.93. The van der Waals surface area contributed by atoms with Crippen LogP contribution in [-0.4, -0.2) is 35.2 Å². The topological polar surface area (TPSA) is 38.5 Å². The van der Waals surface area contributed by atoms with Crippen molar-refractivity contribution in [1.82, 2.24) is 4.90 Å². The van der Waals surface area contributed by atoms with Crippen LogP contribution in [0.4, 0.5) is 8.78 Å². The van der Waals surface area contributed by atoms with E-state index in [2.05, 4.69) is 0 Å². The van der Waals surface area contributed by atoms with Crippen LogP contribution >= 0.6 is 12.2 Å². The fourth-order valence-corrected chi connectivity index (χ4v) is 2.95. The van der Waals surface area contributed by atoms with Gasteiger partial charge in [-0.2, -0.15) is 0 Å². The lowest BCUT2D eigenvalue weighted by Crippen LogP contribution is -2.49. The zero-order valence-electron chi connectivity index (χ0n) is 11.5. The first-order chi connectivity index (χ1) is 9.38. The Morgan fingerprint density at radius 2 is 1.90 bits per heavy atom. The summed E-state index contributed by atoms with van der Waals surface area (Å²) in [6.45, 7) is 5.21. The number of nitrogens with zero attached hydrogens (tertiary/aromatic N) is 1. The molecule has 1 aliphatic heterocycles. The smallest absolute Gasteiger partial charge is 0.159 e. The molecule has 1 aliphatic rings. The molecule has 20 heavy (non-hydrogen) atoms. The maximum atomic E-state index is 13.4. The van der Waals surface area contributed by atoms with Crippen LogP contribution in [0.2, 0.25) is 0 Å². The number of nitrogens with two attached hydrogens (primary N) is 1. The van der Waals surface area contributed by atoms with E-state index in [1.807, 2.05) is 18.7 Å². The van der Waals surface area contributed by atoms with Gasteiger partial charge in [0.25, 0.3) is 0 Å². The molecule has 0 aromatic heterocycles. The molecule has 3 unspecified atom stereocenters. The van der Waals surface area contributed by atoms with Gasteiger partial charge in [-0.15, -0.1) is 0 Å². The predicted molar refractivity (Wildman–Crippen MR) is 77.5 cm³/mol. The second-order valence-corrected chi connectivity index (χ2v) is 5.66. The molecular weight excluding hydrogens is 282 g/mol. The Bertz CT molecular complexity index is 502. The highest BCUT2D eigenvalue weighted by molar-refractivity contribution is 7.80. The van der Waals surface area contributed by atoms with Gasteiger partial charge in [0, 0.05) is 13.1 Å². The number of hydrogen-bond donors (Lipinski definition) is 1. The van der Waals surface area contributed by atoms with Gasteiger partial charge in [-0.25, -0.2) is 8.78 Å². The van der Waals surface area contributed by atoms with Crippen LogP contribution in [0.3, 0.4) is 0 Å². The molecule has 0 bridgehead atoms. The van der Waals surface area contributed by atoms with Crippen molar-refractivity contribution in [2.45, 2.75) is 32.1 Å². The van der Waals surface area contributed by atoms with Crippen LogP contribution in [0.5, 0.6) is 0 Å². The highest BCUT2D eigenvalue weighted by Crippen LogP contribution is 2.26. The van der Waals surface area contributed by atoms with Crippen molar-refractivity contribution < 1.29 is 13.5 Å². The molecule has 1 fully saturated rings. The first kappa shape index (κ1) is 15.3. The van der Waals surface area contributed by atoms with Gasteiger partial charge in [-0.1, -0.05) is 18.3 Å². The lowest BCUT2D eigenvalue weighted by Gasteiger charge is -2.40. The third-order valence-electron chi connectivity index (χ3n) is 3.34. The minimum Gasteiger partial charge on any atom is -0.392 e. The van der Waals surface area contributed by atoms with E-state index in [0.29, 0.717) is 18.7 Å². The van der Waals surface area contributed by atoms with Gasteiger partial charge in [0.2, 0.25) is 0 Å². The molecule has 1 aromatic carbocycles. The molecule has 0 amide bonds. The zero-order chi connectivity index (χ0) is 14.9. The molecule has 0 radical (unpaired) electrons. The Balaban J connectivity index is 2.30. The molecule has 3 nitrogen and oxygen atoms in total. The maximum absolute atomic E-state index is 13.4. The molecular formula is C14H18F2N2OS. The van der Waals surface area contributed by atoms with Gasteiger partial charge in [-0.05, 0) is 31.5 Å². The van der Waals surface area contributed by atoms with Crippen molar-refractivity contribution in [3.63, 3.8) is 0 Å². The van der Waals surface area contributed by atoms with Gasteiger partial charge in [-0.3, -0.25) is 4.90 Å². The van der Waals surface area contributed by atoms with Gasteiger partial charge in [0.15, 0.2) is 11.6 Å². The Labute approximate surface area is 122 Å². The monoisotopic (exact) mass is 300 g/mol. The number of hydrogen-bond acceptors (Lipinski definition) is 3. The van der Waals surface area contributed by atoms with Crippen molar-refractivity contribution in [3.8, 4) is 0 Å². The van der Waals surface area contributed by atoms with Gasteiger partial charge >= 0.3 is 0 Å². The number of benzene rings is 1. The van der Waals surface area contributed by atoms with Gasteiger partial charge < -0.3 is 10.5 Å². The van der Waals surface area contributed by atoms with E-state index in [1.54, 1.807) is 0 Å². The van der Waals surface area contributed by atoms with E-state index < -0.39 is 17.7 Å². The van der Waals surface area contributed by atoms with Crippen LogP contribution in [0.25, 0.3) is 0 Å². The highest BCUT2D eigenvalue weighted by atomic mass is 32.1. The van der Waals surface area contributed by atoms with Crippen molar-refractivity contribution in [3.05, 3.63) is 35.4 Å². The van der Waals surface area contributed by atoms with Crippen molar-refractivity contribution in [2.75, 3.05) is 13.1 Å². The lowest BCUT2D eigenvalue weighted by molar-refractivity contribution is -0.0736. The van der Waals surface area contributed by atoms with Gasteiger partial charge in [0.1, 0.15) is 0 Å². The predicted octanol–water partition coefficient (Wildman–Crippen LogP) is 2.40. The second-order valence-electron chi connectivity index (χ2n) is 5.19. The molecule has 1 aromatic rings. The molecule has 3 atom stereocenters. The van der Waals surface area contributed by atoms with E-state index in [9.17, 15) is 8.78 Å². The largest absolute Gasteiger partial charge is 0.392 e. The quantitative estimate of drug-likeness (QED) is 0.870. The molecule has 110 valence electrons. The molecule has 2 N–H and O–H groups in total. The molecule has 0 saturated carbocycles. The van der Waals surface area contributed by atoms with Gasteiger partial charge in [0.05, 0.1) is 23.2 Å². The molecule has 0 aliphatic carbocycles. The third-order valence-corrected chi connectivity index (χ3v) is 3.57. The van der Waals surface area contributed by atoms with Crippen molar-refractivity contribution in [2.24, 2.45) is 5.73 Å². The average molecular weight is 300 g/mol. The van der Waals surface area contributed by atoms with Crippen molar-refractivity contribution >= 4 is 17.2 Å². The van der Waals surface area contributed by atoms with Crippen molar-refractivity contribution in [1.29, 1.82) is 0 Å². The SMILES string of the molecule is CC1CN(C(C(N)=S)c2ccc(F)c(F)c2)CC(C)O1. The number of halogens is 2. The van der Waals surface area contributed by atoms with Crippen LogP contribution in [0.1, 0.15) is 25.5 Å². The van der Waals surface area contributed by atoms with E-state index in [0.717, 1.165) is 12.1 Å². The zero-order valence-corrected chi connectivity index (χ0v) is 12.3. The Hall–Kier alpha value is -1.11. The lowest BCUT2D eigenvalue weighted by atomic mass is 10.0. The van der Waals surface area contributed by atoms with Crippen LogP contribution in [0.15, 0.2) is 18.2 Å². The Morgan fingerprint density at radius 1 is 1.30 bits per heavy atom. The Kier molecular flexibility index (Phi) is 4.67. The van der Waals surface area contributed by atoms with E-state index in [1.165, 1.54) is 6.07 Å². The Morgan fingerprint density at radius 3 is 2.40 bits per heavy atom. The number of morpholine rings is 1. The summed E-state index contributed by atoms with van der Waals surface area (Å²) in [5.41, 5.74) is 6.38. The number of ether oxygens (including phenoxy) is 1. The number of thiocarbonyl (C=S) groups is 1. The standard InChI is InChI=1S/C14H18F2N2OS/c1-8-6-18(7-9(2)19-8)13(14(17)20)10-3-4-11(15)12(16)5-10/h3-5,8-9,13H,6-7H2,1-2H3,(H2,17,20). The average Bonchev–Trinajstić information content (AvgIpc) is 2.32. The summed E-state index contributed by atoms with van der Waals surface area (Å²) in [7, 11) is 0. The fourth-order valence-electron chi connectivity index (χ4n) is 2.67. The fraction of sp³-hybridized carbons (Fsp3) is 0.500. The third kappa shape index (κ3) is 3.31. The van der Waals surface area contributed by atoms with E-state index >= 15 is 0 Å². The summed E-state index contributed by atoms with van der Waals surface area (Å²) in [5.74, 6) is -1.77. The summed E-state index contributed by atoms with van der Waals surface area (Å²) in [4.78, 5) is 2.30. The van der Waals surface area contributed by atoms with Crippen LogP contribution < -0.4 is 5.73 Å².